The second-order valence-corrected chi connectivity index (χ2v) is 5.93. The Hall–Kier alpha value is -0.530. The Morgan fingerprint density at radius 2 is 2.06 bits per heavy atom. The molecule has 0 aromatic carbocycles. The molecule has 2 aliphatic carbocycles. The summed E-state index contributed by atoms with van der Waals surface area (Å²) >= 11 is 0. The van der Waals surface area contributed by atoms with E-state index in [1.807, 2.05) is 0 Å². The first-order valence-corrected chi connectivity index (χ1v) is 6.85. The highest BCUT2D eigenvalue weighted by molar-refractivity contribution is 5.75. The van der Waals surface area contributed by atoms with Gasteiger partial charge in [-0.25, -0.2) is 0 Å². The van der Waals surface area contributed by atoms with Crippen LogP contribution in [0.4, 0.5) is 0 Å². The van der Waals surface area contributed by atoms with Crippen molar-refractivity contribution < 1.29 is 9.90 Å². The standard InChI is InChI=1S/C14H24O2/c1-3-10(4-2)8-14(13(15)16)9-11-5-6-12(14)7-11/h10-12H,3-9H2,1-2H3,(H,15,16). The summed E-state index contributed by atoms with van der Waals surface area (Å²) in [7, 11) is 0. The van der Waals surface area contributed by atoms with E-state index in [0.29, 0.717) is 11.8 Å². The minimum absolute atomic E-state index is 0.348. The van der Waals surface area contributed by atoms with Gasteiger partial charge in [0.25, 0.3) is 0 Å². The van der Waals surface area contributed by atoms with Gasteiger partial charge in [0.1, 0.15) is 0 Å². The van der Waals surface area contributed by atoms with E-state index in [-0.39, 0.29) is 5.41 Å². The first-order valence-electron chi connectivity index (χ1n) is 6.85. The van der Waals surface area contributed by atoms with Crippen molar-refractivity contribution in [3.05, 3.63) is 0 Å². The molecule has 2 aliphatic rings. The van der Waals surface area contributed by atoms with Crippen molar-refractivity contribution in [3.63, 3.8) is 0 Å². The van der Waals surface area contributed by atoms with E-state index in [1.54, 1.807) is 0 Å². The van der Waals surface area contributed by atoms with Crippen LogP contribution in [0.1, 0.15) is 58.8 Å². The highest BCUT2D eigenvalue weighted by Crippen LogP contribution is 2.59. The van der Waals surface area contributed by atoms with Gasteiger partial charge < -0.3 is 5.11 Å². The smallest absolute Gasteiger partial charge is 0.309 e. The summed E-state index contributed by atoms with van der Waals surface area (Å²) in [6, 6.07) is 0. The molecule has 2 saturated carbocycles. The van der Waals surface area contributed by atoms with E-state index >= 15 is 0 Å². The molecule has 0 heterocycles. The van der Waals surface area contributed by atoms with Gasteiger partial charge in [-0.15, -0.1) is 0 Å². The molecule has 0 saturated heterocycles. The number of hydrogen-bond donors (Lipinski definition) is 1. The van der Waals surface area contributed by atoms with Crippen LogP contribution in [0.5, 0.6) is 0 Å². The van der Waals surface area contributed by atoms with E-state index in [0.717, 1.165) is 38.0 Å². The molecule has 2 nitrogen and oxygen atoms in total. The third-order valence-corrected chi connectivity index (χ3v) is 5.21. The lowest BCUT2D eigenvalue weighted by atomic mass is 9.67. The lowest BCUT2D eigenvalue weighted by Crippen LogP contribution is -2.38. The number of hydrogen-bond acceptors (Lipinski definition) is 1. The summed E-state index contributed by atoms with van der Waals surface area (Å²) < 4.78 is 0. The van der Waals surface area contributed by atoms with Crippen LogP contribution in [-0.4, -0.2) is 11.1 Å². The largest absolute Gasteiger partial charge is 0.481 e. The monoisotopic (exact) mass is 224 g/mol. The maximum atomic E-state index is 11.7. The molecule has 0 aromatic heterocycles. The van der Waals surface area contributed by atoms with Crippen LogP contribution in [0.2, 0.25) is 0 Å². The van der Waals surface area contributed by atoms with Crippen molar-refractivity contribution in [2.75, 3.05) is 0 Å². The van der Waals surface area contributed by atoms with Gasteiger partial charge in [0, 0.05) is 0 Å². The fourth-order valence-electron chi connectivity index (χ4n) is 4.14. The Kier molecular flexibility index (Phi) is 3.27. The number of fused-ring (bicyclic) bond motifs is 2. The van der Waals surface area contributed by atoms with Crippen molar-refractivity contribution in [3.8, 4) is 0 Å². The van der Waals surface area contributed by atoms with Gasteiger partial charge in [-0.3, -0.25) is 4.79 Å². The summed E-state index contributed by atoms with van der Waals surface area (Å²) in [5.41, 5.74) is -0.348. The fourth-order valence-corrected chi connectivity index (χ4v) is 4.14. The molecule has 3 atom stereocenters. The van der Waals surface area contributed by atoms with Crippen LogP contribution in [0.25, 0.3) is 0 Å². The van der Waals surface area contributed by atoms with Gasteiger partial charge in [-0.05, 0) is 43.4 Å². The van der Waals surface area contributed by atoms with Gasteiger partial charge in [-0.1, -0.05) is 33.1 Å². The zero-order chi connectivity index (χ0) is 11.8. The lowest BCUT2D eigenvalue weighted by molar-refractivity contribution is -0.154. The Balaban J connectivity index is 2.14. The zero-order valence-corrected chi connectivity index (χ0v) is 10.5. The molecule has 0 radical (unpaired) electrons. The average molecular weight is 224 g/mol. The SMILES string of the molecule is CCC(CC)CC1(C(=O)O)CC2CCC1C2. The third kappa shape index (κ3) is 1.76. The lowest BCUT2D eigenvalue weighted by Gasteiger charge is -2.36. The molecule has 0 aromatic rings. The topological polar surface area (TPSA) is 37.3 Å². The Labute approximate surface area is 98.4 Å². The van der Waals surface area contributed by atoms with E-state index in [4.69, 9.17) is 0 Å². The number of carboxylic acids is 1. The molecule has 1 N–H and O–H groups in total. The van der Waals surface area contributed by atoms with Crippen molar-refractivity contribution in [1.29, 1.82) is 0 Å². The molecule has 2 bridgehead atoms. The molecule has 2 fully saturated rings. The van der Waals surface area contributed by atoms with Crippen LogP contribution < -0.4 is 0 Å². The molecule has 0 spiro atoms. The molecule has 92 valence electrons. The molecule has 2 heteroatoms. The maximum Gasteiger partial charge on any atom is 0.309 e. The van der Waals surface area contributed by atoms with Crippen LogP contribution in [0.3, 0.4) is 0 Å². The molecule has 2 rings (SSSR count). The predicted molar refractivity (Wildman–Crippen MR) is 64.2 cm³/mol. The number of aliphatic carboxylic acids is 1. The zero-order valence-electron chi connectivity index (χ0n) is 10.5. The van der Waals surface area contributed by atoms with Crippen LogP contribution >= 0.6 is 0 Å². The number of carboxylic acid groups (broad SMARTS) is 1. The van der Waals surface area contributed by atoms with E-state index in [9.17, 15) is 9.90 Å². The van der Waals surface area contributed by atoms with Crippen LogP contribution in [-0.2, 0) is 4.79 Å². The molecule has 0 amide bonds. The second-order valence-electron chi connectivity index (χ2n) is 5.93. The van der Waals surface area contributed by atoms with Gasteiger partial charge >= 0.3 is 5.97 Å². The first kappa shape index (κ1) is 11.9. The first-order chi connectivity index (χ1) is 7.62. The summed E-state index contributed by atoms with van der Waals surface area (Å²) in [5, 5.41) is 9.63. The predicted octanol–water partition coefficient (Wildman–Crippen LogP) is 3.70. The maximum absolute atomic E-state index is 11.7. The Morgan fingerprint density at radius 1 is 1.38 bits per heavy atom. The van der Waals surface area contributed by atoms with Crippen molar-refractivity contribution in [2.24, 2.45) is 23.2 Å². The highest BCUT2D eigenvalue weighted by atomic mass is 16.4. The van der Waals surface area contributed by atoms with Crippen molar-refractivity contribution in [1.82, 2.24) is 0 Å². The van der Waals surface area contributed by atoms with E-state index in [2.05, 4.69) is 13.8 Å². The molecular weight excluding hydrogens is 200 g/mol. The van der Waals surface area contributed by atoms with Gasteiger partial charge in [0.15, 0.2) is 0 Å². The minimum Gasteiger partial charge on any atom is -0.481 e. The third-order valence-electron chi connectivity index (χ3n) is 5.21. The Bertz CT molecular complexity index is 270. The van der Waals surface area contributed by atoms with E-state index in [1.165, 1.54) is 12.8 Å². The van der Waals surface area contributed by atoms with Gasteiger partial charge in [0.05, 0.1) is 5.41 Å². The number of rotatable bonds is 5. The normalized spacial score (nSPS) is 37.2. The highest BCUT2D eigenvalue weighted by Gasteiger charge is 2.55. The molecular formula is C14H24O2. The van der Waals surface area contributed by atoms with Crippen LogP contribution in [0, 0.1) is 23.2 Å². The van der Waals surface area contributed by atoms with Crippen LogP contribution in [0.15, 0.2) is 0 Å². The minimum atomic E-state index is -0.508. The van der Waals surface area contributed by atoms with Gasteiger partial charge in [0.2, 0.25) is 0 Å². The van der Waals surface area contributed by atoms with Crippen molar-refractivity contribution >= 4 is 5.97 Å². The fraction of sp³-hybridized carbons (Fsp3) is 0.929. The molecule has 16 heavy (non-hydrogen) atoms. The molecule has 0 aliphatic heterocycles. The van der Waals surface area contributed by atoms with Crippen molar-refractivity contribution in [2.45, 2.75) is 58.8 Å². The average Bonchev–Trinajstić information content (AvgIpc) is 2.86. The number of carbonyl (C=O) groups is 1. The Morgan fingerprint density at radius 3 is 2.44 bits per heavy atom. The molecule has 3 unspecified atom stereocenters. The summed E-state index contributed by atoms with van der Waals surface area (Å²) in [6.07, 6.45) is 7.78. The quantitative estimate of drug-likeness (QED) is 0.773. The summed E-state index contributed by atoms with van der Waals surface area (Å²) in [4.78, 5) is 11.7. The van der Waals surface area contributed by atoms with E-state index < -0.39 is 5.97 Å². The second kappa shape index (κ2) is 4.38. The summed E-state index contributed by atoms with van der Waals surface area (Å²) in [6.45, 7) is 4.38. The summed E-state index contributed by atoms with van der Waals surface area (Å²) in [5.74, 6) is 1.30. The van der Waals surface area contributed by atoms with Gasteiger partial charge in [-0.2, -0.15) is 0 Å².